The SMILES string of the molecule is [c]1nc2c(-c3ncccn3)cccc2o1. The summed E-state index contributed by atoms with van der Waals surface area (Å²) in [7, 11) is 0. The number of oxazole rings is 1. The maximum absolute atomic E-state index is 5.09. The first-order valence-corrected chi connectivity index (χ1v) is 4.48. The summed E-state index contributed by atoms with van der Waals surface area (Å²) in [5, 5.41) is 0. The second-order valence-electron chi connectivity index (χ2n) is 3.03. The van der Waals surface area contributed by atoms with Gasteiger partial charge in [0.1, 0.15) is 5.52 Å². The quantitative estimate of drug-likeness (QED) is 0.598. The van der Waals surface area contributed by atoms with Gasteiger partial charge in [-0.3, -0.25) is 0 Å². The Morgan fingerprint density at radius 2 is 1.93 bits per heavy atom. The summed E-state index contributed by atoms with van der Waals surface area (Å²) in [6, 6.07) is 7.41. The van der Waals surface area contributed by atoms with Gasteiger partial charge in [0.05, 0.1) is 0 Å². The van der Waals surface area contributed by atoms with E-state index in [0.717, 1.165) is 11.1 Å². The van der Waals surface area contributed by atoms with E-state index in [1.54, 1.807) is 18.5 Å². The summed E-state index contributed by atoms with van der Waals surface area (Å²) in [5.74, 6) is 0.644. The molecule has 4 heteroatoms. The number of fused-ring (bicyclic) bond motifs is 1. The lowest BCUT2D eigenvalue weighted by atomic mass is 10.2. The first-order valence-electron chi connectivity index (χ1n) is 4.48. The molecule has 4 nitrogen and oxygen atoms in total. The summed E-state index contributed by atoms with van der Waals surface area (Å²) in [6.45, 7) is 0. The molecule has 0 saturated heterocycles. The van der Waals surface area contributed by atoms with Gasteiger partial charge in [-0.15, -0.1) is 0 Å². The van der Waals surface area contributed by atoms with Crippen LogP contribution in [-0.2, 0) is 0 Å². The van der Waals surface area contributed by atoms with Gasteiger partial charge in [-0.05, 0) is 18.2 Å². The van der Waals surface area contributed by atoms with Crippen LogP contribution in [0.1, 0.15) is 0 Å². The van der Waals surface area contributed by atoms with Crippen LogP contribution in [0.5, 0.6) is 0 Å². The number of hydrogen-bond donors (Lipinski definition) is 0. The zero-order valence-corrected chi connectivity index (χ0v) is 7.71. The predicted molar refractivity (Wildman–Crippen MR) is 53.9 cm³/mol. The molecule has 3 rings (SSSR count). The lowest BCUT2D eigenvalue weighted by Gasteiger charge is -1.98. The van der Waals surface area contributed by atoms with Crippen molar-refractivity contribution in [2.45, 2.75) is 0 Å². The van der Waals surface area contributed by atoms with Crippen molar-refractivity contribution in [1.29, 1.82) is 0 Å². The van der Waals surface area contributed by atoms with Gasteiger partial charge in [0.25, 0.3) is 6.39 Å². The van der Waals surface area contributed by atoms with Crippen LogP contribution in [0.15, 0.2) is 41.1 Å². The molecule has 0 N–H and O–H groups in total. The van der Waals surface area contributed by atoms with Crippen molar-refractivity contribution in [2.24, 2.45) is 0 Å². The van der Waals surface area contributed by atoms with Crippen LogP contribution >= 0.6 is 0 Å². The number of para-hydroxylation sites is 1. The minimum Gasteiger partial charge on any atom is -0.432 e. The number of hydrogen-bond acceptors (Lipinski definition) is 4. The van der Waals surface area contributed by atoms with Crippen molar-refractivity contribution >= 4 is 11.1 Å². The molecule has 0 aliphatic rings. The molecule has 0 aliphatic carbocycles. The highest BCUT2D eigenvalue weighted by atomic mass is 16.3. The predicted octanol–water partition coefficient (Wildman–Crippen LogP) is 2.08. The first-order chi connectivity index (χ1) is 7.45. The van der Waals surface area contributed by atoms with E-state index < -0.39 is 0 Å². The van der Waals surface area contributed by atoms with Crippen molar-refractivity contribution in [2.75, 3.05) is 0 Å². The van der Waals surface area contributed by atoms with E-state index in [2.05, 4.69) is 21.3 Å². The van der Waals surface area contributed by atoms with E-state index >= 15 is 0 Å². The highest BCUT2D eigenvalue weighted by Crippen LogP contribution is 2.23. The summed E-state index contributed by atoms with van der Waals surface area (Å²) >= 11 is 0. The fourth-order valence-electron chi connectivity index (χ4n) is 1.46. The van der Waals surface area contributed by atoms with E-state index in [9.17, 15) is 0 Å². The van der Waals surface area contributed by atoms with Gasteiger partial charge in [-0.25, -0.2) is 15.0 Å². The Balaban J connectivity index is 2.31. The Morgan fingerprint density at radius 1 is 1.07 bits per heavy atom. The third kappa shape index (κ3) is 1.27. The van der Waals surface area contributed by atoms with Crippen LogP contribution in [0, 0.1) is 6.39 Å². The van der Waals surface area contributed by atoms with Crippen molar-refractivity contribution in [3.05, 3.63) is 43.1 Å². The van der Waals surface area contributed by atoms with Crippen LogP contribution in [-0.4, -0.2) is 15.0 Å². The summed E-state index contributed by atoms with van der Waals surface area (Å²) in [6.07, 6.45) is 5.87. The highest BCUT2D eigenvalue weighted by Gasteiger charge is 2.08. The maximum Gasteiger partial charge on any atom is 0.284 e. The zero-order valence-electron chi connectivity index (χ0n) is 7.71. The Bertz CT molecular complexity index is 589. The Hall–Kier alpha value is -2.23. The standard InChI is InChI=1S/C11H6N3O/c1-3-8(11-12-5-2-6-13-11)10-9(4-1)15-7-14-10/h1-6H. The zero-order chi connectivity index (χ0) is 10.1. The Morgan fingerprint density at radius 3 is 2.80 bits per heavy atom. The smallest absolute Gasteiger partial charge is 0.284 e. The van der Waals surface area contributed by atoms with Crippen LogP contribution in [0.25, 0.3) is 22.5 Å². The Labute approximate surface area is 85.6 Å². The van der Waals surface area contributed by atoms with Gasteiger partial charge < -0.3 is 4.42 Å². The minimum absolute atomic E-state index is 0.644. The van der Waals surface area contributed by atoms with Gasteiger partial charge in [0.15, 0.2) is 11.4 Å². The van der Waals surface area contributed by atoms with E-state index in [0.29, 0.717) is 11.4 Å². The van der Waals surface area contributed by atoms with Gasteiger partial charge in [-0.2, -0.15) is 0 Å². The third-order valence-electron chi connectivity index (χ3n) is 2.12. The summed E-state index contributed by atoms with van der Waals surface area (Å²) < 4.78 is 5.09. The molecule has 0 fully saturated rings. The monoisotopic (exact) mass is 196 g/mol. The van der Waals surface area contributed by atoms with Crippen LogP contribution in [0.2, 0.25) is 0 Å². The molecule has 0 unspecified atom stereocenters. The summed E-state index contributed by atoms with van der Waals surface area (Å²) in [4.78, 5) is 12.4. The third-order valence-corrected chi connectivity index (χ3v) is 2.12. The fourth-order valence-corrected chi connectivity index (χ4v) is 1.46. The first kappa shape index (κ1) is 8.11. The lowest BCUT2D eigenvalue weighted by Crippen LogP contribution is -1.87. The largest absolute Gasteiger partial charge is 0.432 e. The van der Waals surface area contributed by atoms with Crippen LogP contribution in [0.3, 0.4) is 0 Å². The molecule has 0 spiro atoms. The molecule has 71 valence electrons. The van der Waals surface area contributed by atoms with Crippen LogP contribution < -0.4 is 0 Å². The lowest BCUT2D eigenvalue weighted by molar-refractivity contribution is 0.591. The van der Waals surface area contributed by atoms with Crippen molar-refractivity contribution < 1.29 is 4.42 Å². The maximum atomic E-state index is 5.09. The molecule has 2 heterocycles. The summed E-state index contributed by atoms with van der Waals surface area (Å²) in [5.41, 5.74) is 2.29. The van der Waals surface area contributed by atoms with Gasteiger partial charge in [0.2, 0.25) is 0 Å². The molecule has 1 aromatic carbocycles. The normalized spacial score (nSPS) is 10.7. The van der Waals surface area contributed by atoms with Crippen molar-refractivity contribution in [3.63, 3.8) is 0 Å². The minimum atomic E-state index is 0.644. The molecule has 2 aromatic heterocycles. The van der Waals surface area contributed by atoms with Gasteiger partial charge in [0, 0.05) is 18.0 Å². The second-order valence-corrected chi connectivity index (χ2v) is 3.03. The molecule has 0 amide bonds. The van der Waals surface area contributed by atoms with Crippen LogP contribution in [0.4, 0.5) is 0 Å². The fraction of sp³-hybridized carbons (Fsp3) is 0. The van der Waals surface area contributed by atoms with E-state index in [-0.39, 0.29) is 0 Å². The van der Waals surface area contributed by atoms with E-state index in [1.807, 2.05) is 18.2 Å². The Kier molecular flexibility index (Phi) is 1.71. The molecule has 3 aromatic rings. The molecule has 0 aliphatic heterocycles. The van der Waals surface area contributed by atoms with E-state index in [4.69, 9.17) is 4.42 Å². The molecule has 0 bridgehead atoms. The molecular weight excluding hydrogens is 190 g/mol. The molecule has 1 radical (unpaired) electrons. The number of benzene rings is 1. The average molecular weight is 196 g/mol. The van der Waals surface area contributed by atoms with Gasteiger partial charge in [-0.1, -0.05) is 6.07 Å². The molecule has 0 saturated carbocycles. The van der Waals surface area contributed by atoms with Gasteiger partial charge >= 0.3 is 0 Å². The second kappa shape index (κ2) is 3.16. The number of nitrogens with zero attached hydrogens (tertiary/aromatic N) is 3. The van der Waals surface area contributed by atoms with Crippen molar-refractivity contribution in [3.8, 4) is 11.4 Å². The number of aromatic nitrogens is 3. The highest BCUT2D eigenvalue weighted by molar-refractivity contribution is 5.88. The van der Waals surface area contributed by atoms with E-state index in [1.165, 1.54) is 0 Å². The number of rotatable bonds is 1. The molecule has 15 heavy (non-hydrogen) atoms. The molecular formula is C11H6N3O. The average Bonchev–Trinajstić information content (AvgIpc) is 2.78. The topological polar surface area (TPSA) is 51.8 Å². The van der Waals surface area contributed by atoms with Crippen molar-refractivity contribution in [1.82, 2.24) is 15.0 Å². The molecule has 0 atom stereocenters.